The van der Waals surface area contributed by atoms with E-state index in [1.165, 1.54) is 12.4 Å². The number of halogens is 2. The average molecular weight is 419 g/mol. The number of hydrazone groups is 2. The minimum Gasteiger partial charge on any atom is -0.273 e. The van der Waals surface area contributed by atoms with E-state index < -0.39 is 0 Å². The Bertz CT molecular complexity index is 797. The highest BCUT2D eigenvalue weighted by Gasteiger charge is 2.03. The van der Waals surface area contributed by atoms with Crippen LogP contribution in [0.1, 0.15) is 36.8 Å². The maximum Gasteiger partial charge on any atom is 0.240 e. The number of benzene rings is 2. The third-order valence-electron chi connectivity index (χ3n) is 3.56. The third kappa shape index (κ3) is 8.79. The normalized spacial score (nSPS) is 11.1. The van der Waals surface area contributed by atoms with Gasteiger partial charge < -0.3 is 0 Å². The standard InChI is InChI=1S/C20H20Cl2N4O2/c21-17-7-3-5-15(11-17)13-23-25-19(27)9-1-2-10-20(28)26-24-14-16-6-4-8-18(22)12-16/h3-8,11-14H,1-2,9-10H2,(H,25,27)(H,26,28). The Morgan fingerprint density at radius 3 is 1.61 bits per heavy atom. The van der Waals surface area contributed by atoms with E-state index in [1.807, 2.05) is 12.1 Å². The molecule has 6 nitrogen and oxygen atoms in total. The summed E-state index contributed by atoms with van der Waals surface area (Å²) >= 11 is 11.7. The van der Waals surface area contributed by atoms with Crippen molar-refractivity contribution < 1.29 is 9.59 Å². The van der Waals surface area contributed by atoms with Crippen LogP contribution in [0, 0.1) is 0 Å². The van der Waals surface area contributed by atoms with E-state index in [0.717, 1.165) is 11.1 Å². The summed E-state index contributed by atoms with van der Waals surface area (Å²) in [5.41, 5.74) is 6.49. The average Bonchev–Trinajstić information content (AvgIpc) is 2.65. The van der Waals surface area contributed by atoms with Crippen LogP contribution in [0.4, 0.5) is 0 Å². The summed E-state index contributed by atoms with van der Waals surface area (Å²) in [4.78, 5) is 23.4. The summed E-state index contributed by atoms with van der Waals surface area (Å²) in [5.74, 6) is -0.421. The smallest absolute Gasteiger partial charge is 0.240 e. The van der Waals surface area contributed by atoms with Crippen molar-refractivity contribution >= 4 is 47.4 Å². The number of nitrogens with one attached hydrogen (secondary N) is 2. The number of rotatable bonds is 9. The van der Waals surface area contributed by atoms with Gasteiger partial charge in [-0.25, -0.2) is 10.9 Å². The van der Waals surface area contributed by atoms with Crippen LogP contribution >= 0.6 is 23.2 Å². The Morgan fingerprint density at radius 1 is 0.786 bits per heavy atom. The van der Waals surface area contributed by atoms with Crippen LogP contribution < -0.4 is 10.9 Å². The van der Waals surface area contributed by atoms with Crippen LogP contribution in [0.2, 0.25) is 10.0 Å². The van der Waals surface area contributed by atoms with E-state index in [4.69, 9.17) is 23.2 Å². The lowest BCUT2D eigenvalue weighted by Gasteiger charge is -2.01. The molecule has 0 saturated heterocycles. The summed E-state index contributed by atoms with van der Waals surface area (Å²) in [6.45, 7) is 0. The Hall–Kier alpha value is -2.70. The topological polar surface area (TPSA) is 82.9 Å². The molecule has 0 aliphatic carbocycles. The second-order valence-electron chi connectivity index (χ2n) is 5.90. The first kappa shape index (κ1) is 21.6. The first-order valence-electron chi connectivity index (χ1n) is 8.68. The van der Waals surface area contributed by atoms with E-state index in [2.05, 4.69) is 21.1 Å². The Morgan fingerprint density at radius 2 is 1.21 bits per heavy atom. The molecule has 0 spiro atoms. The Kier molecular flexibility index (Phi) is 9.18. The van der Waals surface area contributed by atoms with Gasteiger partial charge in [-0.1, -0.05) is 47.5 Å². The van der Waals surface area contributed by atoms with Crippen molar-refractivity contribution in [1.29, 1.82) is 0 Å². The van der Waals surface area contributed by atoms with Crippen LogP contribution in [0.15, 0.2) is 58.7 Å². The molecule has 0 atom stereocenters. The zero-order valence-electron chi connectivity index (χ0n) is 15.1. The Balaban J connectivity index is 1.58. The lowest BCUT2D eigenvalue weighted by Crippen LogP contribution is -2.19. The summed E-state index contributed by atoms with van der Waals surface area (Å²) < 4.78 is 0. The summed E-state index contributed by atoms with van der Waals surface area (Å²) in [5, 5.41) is 8.97. The molecular formula is C20H20Cl2N4O2. The number of carbonyl (C=O) groups excluding carboxylic acids is 2. The molecule has 0 bridgehead atoms. The summed E-state index contributed by atoms with van der Waals surface area (Å²) in [6, 6.07) is 14.3. The van der Waals surface area contributed by atoms with Gasteiger partial charge in [-0.2, -0.15) is 10.2 Å². The number of unbranched alkanes of at least 4 members (excludes halogenated alkanes) is 1. The molecule has 0 aliphatic rings. The highest BCUT2D eigenvalue weighted by molar-refractivity contribution is 6.31. The summed E-state index contributed by atoms with van der Waals surface area (Å²) in [7, 11) is 0. The van der Waals surface area contributed by atoms with Crippen molar-refractivity contribution in [3.8, 4) is 0 Å². The van der Waals surface area contributed by atoms with Gasteiger partial charge in [0, 0.05) is 22.9 Å². The molecule has 146 valence electrons. The molecular weight excluding hydrogens is 399 g/mol. The molecule has 2 aromatic rings. The van der Waals surface area contributed by atoms with Gasteiger partial charge in [0.1, 0.15) is 0 Å². The Labute approximate surface area is 173 Å². The lowest BCUT2D eigenvalue weighted by atomic mass is 10.2. The van der Waals surface area contributed by atoms with E-state index in [1.54, 1.807) is 36.4 Å². The molecule has 2 rings (SSSR count). The van der Waals surface area contributed by atoms with Gasteiger partial charge in [0.05, 0.1) is 12.4 Å². The van der Waals surface area contributed by atoms with Crippen LogP contribution in [0.25, 0.3) is 0 Å². The monoisotopic (exact) mass is 418 g/mol. The second kappa shape index (κ2) is 11.9. The van der Waals surface area contributed by atoms with E-state index in [9.17, 15) is 9.59 Å². The predicted octanol–water partition coefficient (Wildman–Crippen LogP) is 4.15. The largest absolute Gasteiger partial charge is 0.273 e. The fourth-order valence-corrected chi connectivity index (χ4v) is 2.61. The third-order valence-corrected chi connectivity index (χ3v) is 4.03. The van der Waals surface area contributed by atoms with Crippen LogP contribution in [0.5, 0.6) is 0 Å². The molecule has 8 heteroatoms. The van der Waals surface area contributed by atoms with Gasteiger partial charge in [-0.05, 0) is 48.2 Å². The second-order valence-corrected chi connectivity index (χ2v) is 6.78. The van der Waals surface area contributed by atoms with Gasteiger partial charge in [0.15, 0.2) is 0 Å². The number of carbonyl (C=O) groups is 2. The highest BCUT2D eigenvalue weighted by Crippen LogP contribution is 2.09. The van der Waals surface area contributed by atoms with Crippen molar-refractivity contribution in [3.05, 3.63) is 69.7 Å². The zero-order valence-corrected chi connectivity index (χ0v) is 16.6. The molecule has 0 aliphatic heterocycles. The molecule has 0 aromatic heterocycles. The van der Waals surface area contributed by atoms with Crippen molar-refractivity contribution in [3.63, 3.8) is 0 Å². The lowest BCUT2D eigenvalue weighted by molar-refractivity contribution is -0.123. The maximum atomic E-state index is 11.7. The maximum absolute atomic E-state index is 11.7. The molecule has 0 radical (unpaired) electrons. The number of hydrogen-bond donors (Lipinski definition) is 2. The number of amides is 2. The highest BCUT2D eigenvalue weighted by atomic mass is 35.5. The molecule has 0 fully saturated rings. The van der Waals surface area contributed by atoms with Gasteiger partial charge >= 0.3 is 0 Å². The van der Waals surface area contributed by atoms with E-state index >= 15 is 0 Å². The first-order chi connectivity index (χ1) is 13.5. The number of nitrogens with zero attached hydrogens (tertiary/aromatic N) is 2. The van der Waals surface area contributed by atoms with Crippen LogP contribution in [-0.4, -0.2) is 24.2 Å². The summed E-state index contributed by atoms with van der Waals surface area (Å²) in [6.07, 6.45) is 4.76. The number of hydrogen-bond acceptors (Lipinski definition) is 4. The molecule has 0 heterocycles. The van der Waals surface area contributed by atoms with E-state index in [-0.39, 0.29) is 24.7 Å². The molecule has 0 unspecified atom stereocenters. The fourth-order valence-electron chi connectivity index (χ4n) is 2.21. The predicted molar refractivity (Wildman–Crippen MR) is 113 cm³/mol. The van der Waals surface area contributed by atoms with Crippen LogP contribution in [-0.2, 0) is 9.59 Å². The molecule has 28 heavy (non-hydrogen) atoms. The van der Waals surface area contributed by atoms with Gasteiger partial charge in [-0.3, -0.25) is 9.59 Å². The first-order valence-corrected chi connectivity index (χ1v) is 9.43. The van der Waals surface area contributed by atoms with E-state index in [0.29, 0.717) is 22.9 Å². The molecule has 2 N–H and O–H groups in total. The minimum atomic E-state index is -0.210. The quantitative estimate of drug-likeness (QED) is 0.364. The van der Waals surface area contributed by atoms with Crippen LogP contribution in [0.3, 0.4) is 0 Å². The SMILES string of the molecule is O=C(CCCCC(=O)NN=Cc1cccc(Cl)c1)NN=Cc1cccc(Cl)c1. The zero-order chi connectivity index (χ0) is 20.2. The fraction of sp³-hybridized carbons (Fsp3) is 0.200. The van der Waals surface area contributed by atoms with Crippen molar-refractivity contribution in [2.45, 2.75) is 25.7 Å². The molecule has 2 amide bonds. The minimum absolute atomic E-state index is 0.210. The molecule has 2 aromatic carbocycles. The molecule has 0 saturated carbocycles. The van der Waals surface area contributed by atoms with Gasteiger partial charge in [0.2, 0.25) is 11.8 Å². The van der Waals surface area contributed by atoms with Crippen molar-refractivity contribution in [2.75, 3.05) is 0 Å². The van der Waals surface area contributed by atoms with Gasteiger partial charge in [0.25, 0.3) is 0 Å². The van der Waals surface area contributed by atoms with Crippen molar-refractivity contribution in [1.82, 2.24) is 10.9 Å². The van der Waals surface area contributed by atoms with Crippen molar-refractivity contribution in [2.24, 2.45) is 10.2 Å². The van der Waals surface area contributed by atoms with Gasteiger partial charge in [-0.15, -0.1) is 0 Å².